The van der Waals surface area contributed by atoms with Crippen LogP contribution < -0.4 is 0 Å². The molecule has 0 fully saturated rings. The van der Waals surface area contributed by atoms with Gasteiger partial charge in [-0.05, 0) is 19.1 Å². The number of nitro benzene ring substituents is 1. The highest BCUT2D eigenvalue weighted by atomic mass is 35.5. The van der Waals surface area contributed by atoms with Crippen LogP contribution in [0.25, 0.3) is 0 Å². The monoisotopic (exact) mass is 309 g/mol. The lowest BCUT2D eigenvalue weighted by molar-refractivity contribution is -0.385. The maximum absolute atomic E-state index is 12.3. The van der Waals surface area contributed by atoms with E-state index in [-0.39, 0.29) is 22.8 Å². The van der Waals surface area contributed by atoms with Crippen LogP contribution in [0.3, 0.4) is 0 Å². The van der Waals surface area contributed by atoms with E-state index in [1.54, 1.807) is 6.92 Å². The number of benzene rings is 1. The van der Waals surface area contributed by atoms with E-state index in [1.807, 2.05) is 0 Å². The van der Waals surface area contributed by atoms with Gasteiger partial charge >= 0.3 is 0 Å². The van der Waals surface area contributed by atoms with Crippen LogP contribution in [0.15, 0.2) is 18.2 Å². The number of aryl methyl sites for hydroxylation is 1. The molecular weight excluding hydrogens is 298 g/mol. The Labute approximate surface area is 124 Å². The van der Waals surface area contributed by atoms with Gasteiger partial charge in [-0.15, -0.1) is 0 Å². The van der Waals surface area contributed by atoms with E-state index in [9.17, 15) is 14.9 Å². The summed E-state index contributed by atoms with van der Waals surface area (Å²) in [6.45, 7) is 1.87. The van der Waals surface area contributed by atoms with Gasteiger partial charge in [-0.1, -0.05) is 11.6 Å². The third-order valence-electron chi connectivity index (χ3n) is 2.75. The van der Waals surface area contributed by atoms with Crippen LogP contribution in [0.5, 0.6) is 0 Å². The first kappa shape index (κ1) is 14.9. The molecule has 0 radical (unpaired) electrons. The van der Waals surface area contributed by atoms with Crippen molar-refractivity contribution in [3.8, 4) is 0 Å². The van der Waals surface area contributed by atoms with Gasteiger partial charge in [-0.2, -0.15) is 5.10 Å². The highest BCUT2D eigenvalue weighted by molar-refractivity contribution is 6.31. The second-order valence-electron chi connectivity index (χ2n) is 4.42. The zero-order valence-corrected chi connectivity index (χ0v) is 12.1. The van der Waals surface area contributed by atoms with Gasteiger partial charge in [-0.25, -0.2) is 4.98 Å². The van der Waals surface area contributed by atoms with Crippen LogP contribution in [0, 0.1) is 17.0 Å². The molecule has 0 aliphatic carbocycles. The fourth-order valence-corrected chi connectivity index (χ4v) is 1.96. The summed E-state index contributed by atoms with van der Waals surface area (Å²) in [7, 11) is 1.51. The molecule has 110 valence electrons. The summed E-state index contributed by atoms with van der Waals surface area (Å²) < 4.78 is 0. The number of nitro groups is 1. The Hall–Kier alpha value is -2.48. The minimum absolute atomic E-state index is 0.0674. The number of hydrogen-bond donors (Lipinski definition) is 1. The predicted octanol–water partition coefficient (Wildman–Crippen LogP) is 1.95. The molecule has 2 aromatic rings. The molecule has 2 rings (SSSR count). The normalized spacial score (nSPS) is 10.4. The number of hydrogen-bond acceptors (Lipinski definition) is 5. The van der Waals surface area contributed by atoms with Gasteiger partial charge in [0.05, 0.1) is 11.5 Å². The third-order valence-corrected chi connectivity index (χ3v) is 2.99. The summed E-state index contributed by atoms with van der Waals surface area (Å²) in [5.41, 5.74) is -0.357. The van der Waals surface area contributed by atoms with Crippen molar-refractivity contribution in [3.05, 3.63) is 50.5 Å². The summed E-state index contributed by atoms with van der Waals surface area (Å²) in [5, 5.41) is 17.8. The lowest BCUT2D eigenvalue weighted by Gasteiger charge is -2.15. The van der Waals surface area contributed by atoms with E-state index in [0.717, 1.165) is 0 Å². The lowest BCUT2D eigenvalue weighted by atomic mass is 10.1. The van der Waals surface area contributed by atoms with E-state index >= 15 is 0 Å². The van der Waals surface area contributed by atoms with Gasteiger partial charge in [0.25, 0.3) is 11.6 Å². The minimum Gasteiger partial charge on any atom is -0.334 e. The first-order valence-corrected chi connectivity index (χ1v) is 6.33. The number of nitrogens with zero attached hydrogens (tertiary/aromatic N) is 4. The van der Waals surface area contributed by atoms with Crippen LogP contribution in [-0.4, -0.2) is 38.0 Å². The molecule has 9 heteroatoms. The Bertz CT molecular complexity index is 700. The average molecular weight is 310 g/mol. The summed E-state index contributed by atoms with van der Waals surface area (Å²) in [6, 6.07) is 3.86. The highest BCUT2D eigenvalue weighted by Gasteiger charge is 2.24. The van der Waals surface area contributed by atoms with E-state index in [4.69, 9.17) is 11.6 Å². The van der Waals surface area contributed by atoms with Crippen molar-refractivity contribution in [1.82, 2.24) is 20.1 Å². The maximum Gasteiger partial charge on any atom is 0.282 e. The molecule has 0 saturated heterocycles. The van der Waals surface area contributed by atoms with Crippen molar-refractivity contribution in [2.24, 2.45) is 0 Å². The van der Waals surface area contributed by atoms with E-state index in [0.29, 0.717) is 11.6 Å². The highest BCUT2D eigenvalue weighted by Crippen LogP contribution is 2.24. The van der Waals surface area contributed by atoms with Crippen molar-refractivity contribution in [2.75, 3.05) is 7.05 Å². The van der Waals surface area contributed by atoms with Crippen LogP contribution in [0.2, 0.25) is 5.02 Å². The molecule has 21 heavy (non-hydrogen) atoms. The number of carbonyl (C=O) groups is 1. The second kappa shape index (κ2) is 5.88. The second-order valence-corrected chi connectivity index (χ2v) is 4.85. The molecule has 0 spiro atoms. The maximum atomic E-state index is 12.3. The molecule has 0 saturated carbocycles. The number of H-pyrrole nitrogens is 1. The van der Waals surface area contributed by atoms with Crippen molar-refractivity contribution >= 4 is 23.2 Å². The van der Waals surface area contributed by atoms with Crippen molar-refractivity contribution in [2.45, 2.75) is 13.5 Å². The van der Waals surface area contributed by atoms with Crippen molar-refractivity contribution in [1.29, 1.82) is 0 Å². The van der Waals surface area contributed by atoms with Crippen molar-refractivity contribution in [3.63, 3.8) is 0 Å². The number of amides is 1. The molecule has 0 aliphatic rings. The summed E-state index contributed by atoms with van der Waals surface area (Å²) in [4.78, 5) is 28.1. The Kier molecular flexibility index (Phi) is 4.18. The lowest BCUT2D eigenvalue weighted by Crippen LogP contribution is -2.27. The predicted molar refractivity (Wildman–Crippen MR) is 75.0 cm³/mol. The molecule has 1 heterocycles. The largest absolute Gasteiger partial charge is 0.334 e. The topological polar surface area (TPSA) is 105 Å². The van der Waals surface area contributed by atoms with Gasteiger partial charge in [-0.3, -0.25) is 20.0 Å². The SMILES string of the molecule is Cc1nc(CN(C)C(=O)c2cc(Cl)ccc2[N+](=O)[O-])n[nH]1. The van der Waals surface area contributed by atoms with E-state index in [1.165, 1.54) is 30.1 Å². The summed E-state index contributed by atoms with van der Waals surface area (Å²) in [6.07, 6.45) is 0. The van der Waals surface area contributed by atoms with Gasteiger partial charge in [0, 0.05) is 18.1 Å². The van der Waals surface area contributed by atoms with Crippen LogP contribution in [0.4, 0.5) is 5.69 Å². The fraction of sp³-hybridized carbons (Fsp3) is 0.250. The van der Waals surface area contributed by atoms with Gasteiger partial charge in [0.2, 0.25) is 0 Å². The molecule has 8 nitrogen and oxygen atoms in total. The number of rotatable bonds is 4. The Morgan fingerprint density at radius 1 is 1.52 bits per heavy atom. The standard InChI is InChI=1S/C12H12ClN5O3/c1-7-14-11(16-15-7)6-17(2)12(19)9-5-8(13)3-4-10(9)18(20)21/h3-5H,6H2,1-2H3,(H,14,15,16). The molecule has 1 N–H and O–H groups in total. The van der Waals surface area contributed by atoms with Crippen LogP contribution in [0.1, 0.15) is 22.0 Å². The Morgan fingerprint density at radius 3 is 2.81 bits per heavy atom. The molecular formula is C12H12ClN5O3. The fourth-order valence-electron chi connectivity index (χ4n) is 1.79. The number of halogens is 1. The van der Waals surface area contributed by atoms with E-state index in [2.05, 4.69) is 15.2 Å². The molecule has 0 unspecified atom stereocenters. The van der Waals surface area contributed by atoms with Gasteiger partial charge < -0.3 is 4.90 Å². The van der Waals surface area contributed by atoms with Gasteiger partial charge in [0.15, 0.2) is 5.82 Å². The Morgan fingerprint density at radius 2 is 2.24 bits per heavy atom. The first-order chi connectivity index (χ1) is 9.88. The number of carbonyl (C=O) groups excluding carboxylic acids is 1. The van der Waals surface area contributed by atoms with Crippen LogP contribution in [-0.2, 0) is 6.54 Å². The number of nitrogens with one attached hydrogen (secondary N) is 1. The average Bonchev–Trinajstić information content (AvgIpc) is 2.82. The Balaban J connectivity index is 2.26. The molecule has 1 aromatic carbocycles. The number of aromatic amines is 1. The zero-order chi connectivity index (χ0) is 15.6. The smallest absolute Gasteiger partial charge is 0.282 e. The summed E-state index contributed by atoms with van der Waals surface area (Å²) >= 11 is 5.81. The molecule has 1 amide bonds. The summed E-state index contributed by atoms with van der Waals surface area (Å²) in [5.74, 6) is 0.527. The minimum atomic E-state index is -0.617. The zero-order valence-electron chi connectivity index (χ0n) is 11.3. The molecule has 0 aliphatic heterocycles. The molecule has 0 atom stereocenters. The van der Waals surface area contributed by atoms with Crippen LogP contribution >= 0.6 is 11.6 Å². The van der Waals surface area contributed by atoms with Crippen molar-refractivity contribution < 1.29 is 9.72 Å². The van der Waals surface area contributed by atoms with E-state index < -0.39 is 10.8 Å². The quantitative estimate of drug-likeness (QED) is 0.686. The number of aromatic nitrogens is 3. The first-order valence-electron chi connectivity index (χ1n) is 5.95. The molecule has 0 bridgehead atoms. The molecule has 1 aromatic heterocycles. The van der Waals surface area contributed by atoms with Gasteiger partial charge in [0.1, 0.15) is 11.4 Å². The third kappa shape index (κ3) is 3.34.